The van der Waals surface area contributed by atoms with E-state index in [2.05, 4.69) is 15.6 Å². The van der Waals surface area contributed by atoms with Gasteiger partial charge in [-0.2, -0.15) is 4.73 Å². The van der Waals surface area contributed by atoms with E-state index >= 15 is 0 Å². The summed E-state index contributed by atoms with van der Waals surface area (Å²) in [6.07, 6.45) is 4.48. The molecule has 358 valence electrons. The van der Waals surface area contributed by atoms with Crippen LogP contribution in [0.5, 0.6) is 34.5 Å². The molecule has 0 aliphatic carbocycles. The van der Waals surface area contributed by atoms with Crippen LogP contribution >= 0.6 is 0 Å². The molecule has 2 heterocycles. The second-order valence-electron chi connectivity index (χ2n) is 16.2. The van der Waals surface area contributed by atoms with Gasteiger partial charge < -0.3 is 34.8 Å². The van der Waals surface area contributed by atoms with Gasteiger partial charge in [-0.3, -0.25) is 4.98 Å². The molecule has 17 nitrogen and oxygen atoms in total. The fourth-order valence-electron chi connectivity index (χ4n) is 5.77. The molecule has 67 heavy (non-hydrogen) atoms. The summed E-state index contributed by atoms with van der Waals surface area (Å²) in [5, 5.41) is 16.9. The molecule has 0 spiro atoms. The third-order valence-electron chi connectivity index (χ3n) is 8.59. The van der Waals surface area contributed by atoms with Crippen molar-refractivity contribution < 1.29 is 50.1 Å². The largest absolute Gasteiger partial charge is 0.619 e. The van der Waals surface area contributed by atoms with E-state index in [0.717, 1.165) is 52.3 Å². The Kier molecular flexibility index (Phi) is 18.3. The molecular formula is C48H58N6O11S2. The van der Waals surface area contributed by atoms with E-state index in [4.69, 9.17) is 18.9 Å². The first-order valence-corrected chi connectivity index (χ1v) is 22.7. The summed E-state index contributed by atoms with van der Waals surface area (Å²) in [4.78, 5) is 27.4. The van der Waals surface area contributed by atoms with Crippen LogP contribution in [0.3, 0.4) is 0 Å². The maximum absolute atomic E-state index is 12.8. The van der Waals surface area contributed by atoms with Crippen molar-refractivity contribution in [2.75, 3.05) is 14.2 Å². The van der Waals surface area contributed by atoms with Crippen LogP contribution in [0.2, 0.25) is 0 Å². The van der Waals surface area contributed by atoms with Crippen LogP contribution in [-0.4, -0.2) is 59.2 Å². The zero-order valence-corrected chi connectivity index (χ0v) is 38.5. The number of nitrogens with zero attached hydrogens (tertiary/aromatic N) is 2. The molecule has 0 saturated heterocycles. The van der Waals surface area contributed by atoms with Crippen molar-refractivity contribution in [3.8, 4) is 56.8 Å². The van der Waals surface area contributed by atoms with Crippen molar-refractivity contribution in [1.29, 1.82) is 0 Å². The van der Waals surface area contributed by atoms with Gasteiger partial charge in [0, 0.05) is 29.4 Å². The SMILES string of the molecule is C.C.COc1ccc(-c2cccc(Oc3cc[n+]([O-])cc3S(=O)(=O)NC(=O)NC(C)(C)C)c2)cc1.COc1ccc(-c2cccc(Oc3ccncc3S(=O)(=O)NC(=O)NC(C)(C)C)c2)cc1. The monoisotopic (exact) mass is 958 g/mol. The summed E-state index contributed by atoms with van der Waals surface area (Å²) in [5.74, 6) is 2.19. The smallest absolute Gasteiger partial charge is 0.329 e. The number of nitrogens with one attached hydrogen (secondary N) is 4. The van der Waals surface area contributed by atoms with Crippen molar-refractivity contribution >= 4 is 32.1 Å². The number of carbonyl (C=O) groups excluding carboxylic acids is 2. The molecule has 6 rings (SSSR count). The van der Waals surface area contributed by atoms with Gasteiger partial charge in [-0.1, -0.05) is 63.4 Å². The van der Waals surface area contributed by atoms with E-state index in [9.17, 15) is 31.6 Å². The first kappa shape index (κ1) is 54.0. The van der Waals surface area contributed by atoms with Crippen LogP contribution in [-0.2, 0) is 20.0 Å². The number of hydrogen-bond acceptors (Lipinski definition) is 12. The molecule has 4 aromatic carbocycles. The molecule has 19 heteroatoms. The first-order valence-electron chi connectivity index (χ1n) is 19.8. The standard InChI is InChI=1S/C23H25N3O6S.C23H25N3O5S.2CH4/c1-23(2,3)24-22(27)25-33(29,30)21-15-26(28)13-12-20(21)32-19-7-5-6-17(14-19)16-8-10-18(31-4)11-9-16;1-23(2,3)25-22(27)26-32(28,29)21-15-24-13-12-20(21)31-19-7-5-6-17(14-19)16-8-10-18(30-4)11-9-16;;/h5-15H,1-4H3,(H2,24,25,27);5-15H,1-4H3,(H2,25,26,27);2*1H4. The minimum atomic E-state index is -4.40. The summed E-state index contributed by atoms with van der Waals surface area (Å²) < 4.78 is 77.5. The lowest BCUT2D eigenvalue weighted by molar-refractivity contribution is -0.607. The van der Waals surface area contributed by atoms with Crippen LogP contribution in [0.4, 0.5) is 9.59 Å². The number of urea groups is 2. The van der Waals surface area contributed by atoms with E-state index in [-0.39, 0.29) is 31.2 Å². The van der Waals surface area contributed by atoms with Crippen LogP contribution in [0.1, 0.15) is 56.4 Å². The highest BCUT2D eigenvalue weighted by Crippen LogP contribution is 2.33. The van der Waals surface area contributed by atoms with Crippen molar-refractivity contribution in [1.82, 2.24) is 25.1 Å². The highest BCUT2D eigenvalue weighted by atomic mass is 32.2. The summed E-state index contributed by atoms with van der Waals surface area (Å²) in [6, 6.07) is 30.1. The lowest BCUT2D eigenvalue weighted by Gasteiger charge is -2.21. The zero-order valence-electron chi connectivity index (χ0n) is 36.9. The third kappa shape index (κ3) is 15.9. The van der Waals surface area contributed by atoms with Crippen molar-refractivity contribution in [3.05, 3.63) is 139 Å². The van der Waals surface area contributed by atoms with E-state index in [1.54, 1.807) is 92.2 Å². The predicted octanol–water partition coefficient (Wildman–Crippen LogP) is 9.18. The molecule has 0 aliphatic heterocycles. The normalized spacial score (nSPS) is 11.2. The van der Waals surface area contributed by atoms with Crippen molar-refractivity contribution in [2.45, 2.75) is 77.3 Å². The van der Waals surface area contributed by atoms with Crippen LogP contribution in [0.25, 0.3) is 22.3 Å². The highest BCUT2D eigenvalue weighted by Gasteiger charge is 2.28. The lowest BCUT2D eigenvalue weighted by atomic mass is 10.1. The molecule has 0 atom stereocenters. The number of methoxy groups -OCH3 is 2. The Morgan fingerprint density at radius 2 is 0.985 bits per heavy atom. The average molecular weight is 959 g/mol. The number of benzene rings is 4. The molecule has 2 aromatic heterocycles. The molecule has 0 radical (unpaired) electrons. The maximum Gasteiger partial charge on any atom is 0.329 e. The Bertz CT molecular complexity index is 2850. The molecule has 6 aromatic rings. The fraction of sp³-hybridized carbons (Fsp3) is 0.250. The quantitative estimate of drug-likeness (QED) is 0.0665. The summed E-state index contributed by atoms with van der Waals surface area (Å²) >= 11 is 0. The molecule has 0 bridgehead atoms. The molecule has 4 amide bonds. The molecule has 0 saturated carbocycles. The molecular weight excluding hydrogens is 901 g/mol. The van der Waals surface area contributed by atoms with Crippen molar-refractivity contribution in [3.63, 3.8) is 0 Å². The van der Waals surface area contributed by atoms with E-state index in [1.165, 1.54) is 18.3 Å². The van der Waals surface area contributed by atoms with Gasteiger partial charge in [0.25, 0.3) is 20.0 Å². The average Bonchev–Trinajstić information content (AvgIpc) is 3.23. The molecule has 0 aliphatic rings. The second-order valence-corrected chi connectivity index (χ2v) is 19.5. The van der Waals surface area contributed by atoms with Crippen molar-refractivity contribution in [2.24, 2.45) is 0 Å². The maximum atomic E-state index is 12.8. The molecule has 0 unspecified atom stereocenters. The van der Waals surface area contributed by atoms with E-state index < -0.39 is 48.1 Å². The number of amides is 4. The Balaban J connectivity index is 0.000000345. The van der Waals surface area contributed by atoms with Gasteiger partial charge in [0.05, 0.1) is 20.4 Å². The fourth-order valence-corrected chi connectivity index (χ4v) is 7.77. The molecule has 4 N–H and O–H groups in total. The van der Waals surface area contributed by atoms with Gasteiger partial charge in [0.15, 0.2) is 22.6 Å². The topological polar surface area (TPSA) is 227 Å². The minimum Gasteiger partial charge on any atom is -0.619 e. The summed E-state index contributed by atoms with van der Waals surface area (Å²) in [6.45, 7) is 10.3. The molecule has 0 fully saturated rings. The summed E-state index contributed by atoms with van der Waals surface area (Å²) in [5.41, 5.74) is 2.30. The Morgan fingerprint density at radius 1 is 0.567 bits per heavy atom. The second kappa shape index (κ2) is 22.7. The summed E-state index contributed by atoms with van der Waals surface area (Å²) in [7, 11) is -5.42. The Morgan fingerprint density at radius 3 is 1.40 bits per heavy atom. The third-order valence-corrected chi connectivity index (χ3v) is 11.3. The first-order chi connectivity index (χ1) is 30.5. The highest BCUT2D eigenvalue weighted by molar-refractivity contribution is 7.90. The number of ether oxygens (including phenoxy) is 4. The van der Waals surface area contributed by atoms with Crippen LogP contribution < -0.4 is 43.8 Å². The number of carbonyl (C=O) groups is 2. The van der Waals surface area contributed by atoms with Crippen LogP contribution in [0.15, 0.2) is 144 Å². The van der Waals surface area contributed by atoms with Gasteiger partial charge in [-0.05, 0) is 112 Å². The van der Waals surface area contributed by atoms with Gasteiger partial charge in [-0.25, -0.2) is 35.9 Å². The number of rotatable bonds is 12. The Labute approximate surface area is 393 Å². The lowest BCUT2D eigenvalue weighted by Crippen LogP contribution is -2.48. The van der Waals surface area contributed by atoms with Crippen LogP contribution in [0, 0.1) is 5.21 Å². The number of aromatic nitrogens is 2. The minimum absolute atomic E-state index is 0. The predicted molar refractivity (Wildman–Crippen MR) is 257 cm³/mol. The zero-order chi connectivity index (χ0) is 47.6. The van der Waals surface area contributed by atoms with Gasteiger partial charge in [0.2, 0.25) is 6.20 Å². The number of sulfonamides is 2. The Hall–Kier alpha value is -7.38. The number of hydrogen-bond donors (Lipinski definition) is 4. The van der Waals surface area contributed by atoms with E-state index in [0.29, 0.717) is 16.2 Å². The van der Waals surface area contributed by atoms with Gasteiger partial charge in [0.1, 0.15) is 27.9 Å². The van der Waals surface area contributed by atoms with Gasteiger partial charge >= 0.3 is 12.1 Å². The van der Waals surface area contributed by atoms with E-state index in [1.807, 2.05) is 70.1 Å². The van der Waals surface area contributed by atoms with Gasteiger partial charge in [-0.15, -0.1) is 0 Å². The number of pyridine rings is 2.